The van der Waals surface area contributed by atoms with Gasteiger partial charge in [0, 0.05) is 12.8 Å². The third-order valence-electron chi connectivity index (χ3n) is 3.87. The molecule has 1 heterocycles. The van der Waals surface area contributed by atoms with Crippen molar-refractivity contribution in [2.75, 3.05) is 6.61 Å². The van der Waals surface area contributed by atoms with Crippen LogP contribution in [0.15, 0.2) is 48.0 Å². The van der Waals surface area contributed by atoms with E-state index in [4.69, 9.17) is 4.74 Å². The summed E-state index contributed by atoms with van der Waals surface area (Å²) in [5.41, 5.74) is 1.24. The van der Waals surface area contributed by atoms with Crippen LogP contribution in [0.5, 0.6) is 0 Å². The van der Waals surface area contributed by atoms with Gasteiger partial charge >= 0.3 is 0 Å². The monoisotopic (exact) mass is 300 g/mol. The van der Waals surface area contributed by atoms with Crippen molar-refractivity contribution in [2.45, 2.75) is 38.8 Å². The lowest BCUT2D eigenvalue weighted by atomic mass is 9.96. The first-order chi connectivity index (χ1) is 10.6. The molecule has 0 aliphatic carbocycles. The zero-order chi connectivity index (χ0) is 15.9. The first-order valence-corrected chi connectivity index (χ1v) is 7.78. The first-order valence-electron chi connectivity index (χ1n) is 7.78. The summed E-state index contributed by atoms with van der Waals surface area (Å²) in [7, 11) is 0. The lowest BCUT2D eigenvalue weighted by molar-refractivity contribution is -0.119. The van der Waals surface area contributed by atoms with Crippen molar-refractivity contribution in [2.24, 2.45) is 10.9 Å². The number of benzene rings is 1. The van der Waals surface area contributed by atoms with Crippen LogP contribution in [0.4, 0.5) is 0 Å². The van der Waals surface area contributed by atoms with Gasteiger partial charge in [-0.1, -0.05) is 43.3 Å². The molecule has 4 heteroatoms. The quantitative estimate of drug-likeness (QED) is 0.787. The van der Waals surface area contributed by atoms with Gasteiger partial charge in [-0.25, -0.2) is 4.99 Å². The number of hydrogen-bond donors (Lipinski definition) is 1. The predicted octanol–water partition coefficient (Wildman–Crippen LogP) is 2.74. The first kappa shape index (κ1) is 16.3. The van der Waals surface area contributed by atoms with Crippen molar-refractivity contribution in [1.29, 1.82) is 0 Å². The second-order valence-corrected chi connectivity index (χ2v) is 5.61. The minimum Gasteiger partial charge on any atom is -0.477 e. The molecule has 0 fully saturated rings. The van der Waals surface area contributed by atoms with E-state index in [1.807, 2.05) is 24.3 Å². The molecule has 0 spiro atoms. The highest BCUT2D eigenvalue weighted by atomic mass is 16.5. The lowest BCUT2D eigenvalue weighted by Crippen LogP contribution is -2.44. The van der Waals surface area contributed by atoms with Gasteiger partial charge in [0.05, 0.1) is 6.04 Å². The highest BCUT2D eigenvalue weighted by Gasteiger charge is 2.30. The van der Waals surface area contributed by atoms with Gasteiger partial charge in [-0.3, -0.25) is 4.79 Å². The summed E-state index contributed by atoms with van der Waals surface area (Å²) >= 11 is 0. The van der Waals surface area contributed by atoms with E-state index in [0.717, 1.165) is 12.8 Å². The second-order valence-electron chi connectivity index (χ2n) is 5.61. The predicted molar refractivity (Wildman–Crippen MR) is 88.9 cm³/mol. The summed E-state index contributed by atoms with van der Waals surface area (Å²) in [6.45, 7) is 8.00. The van der Waals surface area contributed by atoms with Crippen LogP contribution in [-0.4, -0.2) is 30.5 Å². The molecule has 0 bridgehead atoms. The molecule has 3 atom stereocenters. The van der Waals surface area contributed by atoms with Crippen molar-refractivity contribution >= 4 is 11.8 Å². The second kappa shape index (κ2) is 7.78. The summed E-state index contributed by atoms with van der Waals surface area (Å²) in [4.78, 5) is 16.1. The van der Waals surface area contributed by atoms with E-state index >= 15 is 0 Å². The molecule has 1 aromatic rings. The van der Waals surface area contributed by atoms with Gasteiger partial charge in [0.25, 0.3) is 0 Å². The number of hydrogen-bond acceptors (Lipinski definition) is 3. The van der Waals surface area contributed by atoms with Crippen LogP contribution < -0.4 is 5.32 Å². The molecule has 1 unspecified atom stereocenters. The number of nitrogens with one attached hydrogen (secondary N) is 1. The molecule has 1 aliphatic heterocycles. The van der Waals surface area contributed by atoms with Gasteiger partial charge in [0.1, 0.15) is 12.6 Å². The number of carbonyl (C=O) groups excluding carboxylic acids is 1. The molecular weight excluding hydrogens is 276 g/mol. The van der Waals surface area contributed by atoms with Crippen LogP contribution in [-0.2, 0) is 16.0 Å². The van der Waals surface area contributed by atoms with Gasteiger partial charge < -0.3 is 10.1 Å². The Labute approximate surface area is 132 Å². The maximum atomic E-state index is 11.5. The number of nitrogens with zero attached hydrogens (tertiary/aromatic N) is 1. The number of amides is 1. The summed E-state index contributed by atoms with van der Waals surface area (Å²) in [6, 6.07) is 10.1. The Balaban J connectivity index is 2.09. The maximum Gasteiger partial charge on any atom is 0.217 e. The molecule has 1 amide bonds. The van der Waals surface area contributed by atoms with Crippen molar-refractivity contribution in [1.82, 2.24) is 5.32 Å². The van der Waals surface area contributed by atoms with Gasteiger partial charge in [-0.05, 0) is 18.4 Å². The average Bonchev–Trinajstić information content (AvgIpc) is 2.96. The van der Waals surface area contributed by atoms with Gasteiger partial charge in [-0.2, -0.15) is 0 Å². The maximum absolute atomic E-state index is 11.5. The lowest BCUT2D eigenvalue weighted by Gasteiger charge is -2.23. The van der Waals surface area contributed by atoms with E-state index in [9.17, 15) is 4.79 Å². The number of ether oxygens (including phenoxy) is 1. The molecule has 0 aromatic heterocycles. The van der Waals surface area contributed by atoms with Crippen molar-refractivity contribution in [3.05, 3.63) is 48.6 Å². The third-order valence-corrected chi connectivity index (χ3v) is 3.87. The van der Waals surface area contributed by atoms with E-state index < -0.39 is 0 Å². The summed E-state index contributed by atoms with van der Waals surface area (Å²) < 4.78 is 5.77. The van der Waals surface area contributed by atoms with Crippen LogP contribution in [0, 0.1) is 5.92 Å². The van der Waals surface area contributed by atoms with Crippen molar-refractivity contribution in [3.63, 3.8) is 0 Å². The normalized spacial score (nSPS) is 19.7. The number of aliphatic imine (C=N–C) groups is 1. The minimum absolute atomic E-state index is 0.0805. The third kappa shape index (κ3) is 4.20. The molecule has 1 N–H and O–H groups in total. The fourth-order valence-corrected chi connectivity index (χ4v) is 2.71. The number of carbonyl (C=O) groups is 1. The largest absolute Gasteiger partial charge is 0.477 e. The summed E-state index contributed by atoms with van der Waals surface area (Å²) in [5, 5.41) is 2.94. The molecule has 22 heavy (non-hydrogen) atoms. The van der Waals surface area contributed by atoms with E-state index in [0.29, 0.717) is 12.5 Å². The Morgan fingerprint density at radius 3 is 2.82 bits per heavy atom. The van der Waals surface area contributed by atoms with E-state index in [1.54, 1.807) is 0 Å². The molecule has 0 saturated heterocycles. The Kier molecular flexibility index (Phi) is 5.75. The van der Waals surface area contributed by atoms with Gasteiger partial charge in [0.15, 0.2) is 0 Å². The zero-order valence-electron chi connectivity index (χ0n) is 13.3. The smallest absolute Gasteiger partial charge is 0.217 e. The van der Waals surface area contributed by atoms with E-state index in [-0.39, 0.29) is 23.9 Å². The number of rotatable bonds is 7. The van der Waals surface area contributed by atoms with Crippen molar-refractivity contribution in [3.8, 4) is 0 Å². The molecule has 118 valence electrons. The summed E-state index contributed by atoms with van der Waals surface area (Å²) in [5.74, 6) is 0.670. The molecule has 0 saturated carbocycles. The topological polar surface area (TPSA) is 50.7 Å². The van der Waals surface area contributed by atoms with Crippen LogP contribution >= 0.6 is 0 Å². The Hall–Kier alpha value is -2.10. The Bertz CT molecular complexity index is 539. The van der Waals surface area contributed by atoms with Crippen LogP contribution in [0.25, 0.3) is 0 Å². The van der Waals surface area contributed by atoms with Crippen molar-refractivity contribution < 1.29 is 9.53 Å². The van der Waals surface area contributed by atoms with Gasteiger partial charge in [-0.15, -0.1) is 6.58 Å². The molecule has 2 rings (SSSR count). The SMILES string of the molecule is C=CC(CC)[C@H](NC(C)=O)C1=N[C@@H](Cc2ccccc2)CO1. The van der Waals surface area contributed by atoms with Crippen LogP contribution in [0.2, 0.25) is 0 Å². The fraction of sp³-hybridized carbons (Fsp3) is 0.444. The van der Waals surface area contributed by atoms with E-state index in [2.05, 4.69) is 35.9 Å². The molecule has 1 aromatic carbocycles. The van der Waals surface area contributed by atoms with Gasteiger partial charge in [0.2, 0.25) is 11.8 Å². The molecular formula is C18H24N2O2. The highest BCUT2D eigenvalue weighted by Crippen LogP contribution is 2.19. The molecule has 4 nitrogen and oxygen atoms in total. The Morgan fingerprint density at radius 1 is 1.50 bits per heavy atom. The standard InChI is InChI=1S/C18H24N2O2/c1-4-15(5-2)17(19-13(3)21)18-20-16(12-22-18)11-14-9-7-6-8-10-14/h4,6-10,15-17H,1,5,11-12H2,2-3H3,(H,19,21)/t15?,16-,17-/m0/s1. The van der Waals surface area contributed by atoms with Crippen LogP contribution in [0.3, 0.4) is 0 Å². The highest BCUT2D eigenvalue weighted by molar-refractivity contribution is 5.88. The zero-order valence-corrected chi connectivity index (χ0v) is 13.3. The fourth-order valence-electron chi connectivity index (χ4n) is 2.71. The Morgan fingerprint density at radius 2 is 2.23 bits per heavy atom. The van der Waals surface area contributed by atoms with Crippen LogP contribution in [0.1, 0.15) is 25.8 Å². The average molecular weight is 300 g/mol. The van der Waals surface area contributed by atoms with E-state index in [1.165, 1.54) is 12.5 Å². The molecule has 1 aliphatic rings. The summed E-state index contributed by atoms with van der Waals surface area (Å²) in [6.07, 6.45) is 3.58. The molecule has 0 radical (unpaired) electrons. The minimum atomic E-state index is -0.222.